The third-order valence-electron chi connectivity index (χ3n) is 3.72. The molecule has 0 amide bonds. The van der Waals surface area contributed by atoms with E-state index in [4.69, 9.17) is 4.74 Å². The van der Waals surface area contributed by atoms with Crippen LogP contribution < -0.4 is 10.1 Å². The maximum absolute atomic E-state index is 5.47. The van der Waals surface area contributed by atoms with Gasteiger partial charge in [-0.15, -0.1) is 0 Å². The van der Waals surface area contributed by atoms with Crippen LogP contribution in [0.3, 0.4) is 0 Å². The molecule has 2 heteroatoms. The average molecular weight is 249 g/mol. The first kappa shape index (κ1) is 15.0. The van der Waals surface area contributed by atoms with Crippen molar-refractivity contribution in [3.63, 3.8) is 0 Å². The molecular weight excluding hydrogens is 222 g/mol. The molecule has 0 fully saturated rings. The van der Waals surface area contributed by atoms with Crippen molar-refractivity contribution >= 4 is 0 Å². The summed E-state index contributed by atoms with van der Waals surface area (Å²) < 4.78 is 5.47. The summed E-state index contributed by atoms with van der Waals surface area (Å²) in [6, 6.07) is 6.75. The van der Waals surface area contributed by atoms with Gasteiger partial charge in [0.25, 0.3) is 0 Å². The summed E-state index contributed by atoms with van der Waals surface area (Å²) in [5, 5.41) is 3.62. The van der Waals surface area contributed by atoms with Gasteiger partial charge in [-0.3, -0.25) is 0 Å². The van der Waals surface area contributed by atoms with Crippen LogP contribution in [-0.2, 0) is 0 Å². The number of ether oxygens (including phenoxy) is 1. The highest BCUT2D eigenvalue weighted by Crippen LogP contribution is 2.26. The van der Waals surface area contributed by atoms with Gasteiger partial charge in [-0.25, -0.2) is 0 Å². The first-order chi connectivity index (χ1) is 8.62. The van der Waals surface area contributed by atoms with Gasteiger partial charge in [-0.2, -0.15) is 0 Å². The summed E-state index contributed by atoms with van der Waals surface area (Å²) in [6.45, 7) is 9.88. The molecule has 1 aromatic rings. The molecule has 18 heavy (non-hydrogen) atoms. The Morgan fingerprint density at radius 2 is 1.89 bits per heavy atom. The molecule has 2 nitrogen and oxygen atoms in total. The van der Waals surface area contributed by atoms with Gasteiger partial charge in [0.05, 0.1) is 7.11 Å². The van der Waals surface area contributed by atoms with E-state index < -0.39 is 0 Å². The van der Waals surface area contributed by atoms with Crippen LogP contribution in [0.5, 0.6) is 5.75 Å². The highest BCUT2D eigenvalue weighted by molar-refractivity contribution is 5.38. The van der Waals surface area contributed by atoms with E-state index in [0.29, 0.717) is 6.04 Å². The number of nitrogens with one attached hydrogen (secondary N) is 1. The molecule has 0 heterocycles. The summed E-state index contributed by atoms with van der Waals surface area (Å²) in [6.07, 6.45) is 2.47. The number of rotatable bonds is 7. The molecule has 0 aromatic heterocycles. The van der Waals surface area contributed by atoms with Crippen LogP contribution >= 0.6 is 0 Å². The summed E-state index contributed by atoms with van der Waals surface area (Å²) in [5.41, 5.74) is 2.48. The first-order valence-corrected chi connectivity index (χ1v) is 7.00. The molecular formula is C16H27NO. The normalized spacial score (nSPS) is 12.8. The van der Waals surface area contributed by atoms with Crippen LogP contribution in [0.15, 0.2) is 18.2 Å². The summed E-state index contributed by atoms with van der Waals surface area (Å²) in [4.78, 5) is 0. The van der Waals surface area contributed by atoms with Crippen LogP contribution in [0.1, 0.15) is 50.8 Å². The Labute approximate surface area is 112 Å². The lowest BCUT2D eigenvalue weighted by molar-refractivity contribution is 0.389. The zero-order valence-electron chi connectivity index (χ0n) is 12.4. The maximum Gasteiger partial charge on any atom is 0.123 e. The lowest BCUT2D eigenvalue weighted by atomic mass is 10.0. The Balaban J connectivity index is 2.68. The molecule has 1 unspecified atom stereocenters. The second-order valence-corrected chi connectivity index (χ2v) is 5.06. The van der Waals surface area contributed by atoms with Crippen LogP contribution in [0.2, 0.25) is 0 Å². The zero-order chi connectivity index (χ0) is 13.5. The number of hydrogen-bond acceptors (Lipinski definition) is 2. The first-order valence-electron chi connectivity index (χ1n) is 7.00. The summed E-state index contributed by atoms with van der Waals surface area (Å²) >= 11 is 0. The van der Waals surface area contributed by atoms with Crippen molar-refractivity contribution in [3.05, 3.63) is 29.3 Å². The summed E-state index contributed by atoms with van der Waals surface area (Å²) in [7, 11) is 1.74. The molecule has 0 spiro atoms. The molecule has 0 saturated carbocycles. The van der Waals surface area contributed by atoms with Crippen LogP contribution in [0.4, 0.5) is 0 Å². The van der Waals surface area contributed by atoms with E-state index in [1.807, 2.05) is 0 Å². The molecule has 1 rings (SSSR count). The van der Waals surface area contributed by atoms with E-state index in [2.05, 4.69) is 51.2 Å². The second kappa shape index (κ2) is 7.42. The van der Waals surface area contributed by atoms with Gasteiger partial charge in [-0.1, -0.05) is 38.8 Å². The molecule has 0 aliphatic heterocycles. The SMILES string of the molecule is CCC(CC)CNC(C)c1ccc(C)cc1OC. The van der Waals surface area contributed by atoms with E-state index in [-0.39, 0.29) is 0 Å². The topological polar surface area (TPSA) is 21.3 Å². The fourth-order valence-electron chi connectivity index (χ4n) is 2.21. The maximum atomic E-state index is 5.47. The number of hydrogen-bond donors (Lipinski definition) is 1. The van der Waals surface area contributed by atoms with Crippen LogP contribution in [-0.4, -0.2) is 13.7 Å². The fourth-order valence-corrected chi connectivity index (χ4v) is 2.21. The third kappa shape index (κ3) is 4.02. The third-order valence-corrected chi connectivity index (χ3v) is 3.72. The molecule has 0 aliphatic carbocycles. The molecule has 0 radical (unpaired) electrons. The minimum Gasteiger partial charge on any atom is -0.496 e. The fraction of sp³-hybridized carbons (Fsp3) is 0.625. The Morgan fingerprint density at radius 3 is 2.44 bits per heavy atom. The molecule has 0 bridgehead atoms. The monoisotopic (exact) mass is 249 g/mol. The van der Waals surface area contributed by atoms with Gasteiger partial charge in [0, 0.05) is 11.6 Å². The lowest BCUT2D eigenvalue weighted by Crippen LogP contribution is -2.25. The Bertz CT molecular complexity index is 358. The molecule has 102 valence electrons. The van der Waals surface area contributed by atoms with Crippen molar-refractivity contribution in [2.45, 2.75) is 46.6 Å². The van der Waals surface area contributed by atoms with Gasteiger partial charge in [-0.05, 0) is 37.9 Å². The average Bonchev–Trinajstić information content (AvgIpc) is 2.39. The highest BCUT2D eigenvalue weighted by Gasteiger charge is 2.12. The highest BCUT2D eigenvalue weighted by atomic mass is 16.5. The van der Waals surface area contributed by atoms with E-state index >= 15 is 0 Å². The van der Waals surface area contributed by atoms with Crippen molar-refractivity contribution < 1.29 is 4.74 Å². The molecule has 1 atom stereocenters. The van der Waals surface area contributed by atoms with Gasteiger partial charge in [0.15, 0.2) is 0 Å². The molecule has 0 aliphatic rings. The summed E-state index contributed by atoms with van der Waals surface area (Å²) in [5.74, 6) is 1.75. The number of methoxy groups -OCH3 is 1. The van der Waals surface area contributed by atoms with Crippen molar-refractivity contribution in [3.8, 4) is 5.75 Å². The molecule has 1 aromatic carbocycles. The van der Waals surface area contributed by atoms with Crippen LogP contribution in [0, 0.1) is 12.8 Å². The zero-order valence-corrected chi connectivity index (χ0v) is 12.4. The Kier molecular flexibility index (Phi) is 6.20. The predicted molar refractivity (Wildman–Crippen MR) is 78.2 cm³/mol. The van der Waals surface area contributed by atoms with Crippen molar-refractivity contribution in [2.75, 3.05) is 13.7 Å². The van der Waals surface area contributed by atoms with E-state index in [1.165, 1.54) is 24.0 Å². The quantitative estimate of drug-likeness (QED) is 0.786. The van der Waals surface area contributed by atoms with Crippen LogP contribution in [0.25, 0.3) is 0 Å². The number of benzene rings is 1. The Hall–Kier alpha value is -1.02. The van der Waals surface area contributed by atoms with Gasteiger partial charge < -0.3 is 10.1 Å². The van der Waals surface area contributed by atoms with Gasteiger partial charge >= 0.3 is 0 Å². The van der Waals surface area contributed by atoms with Crippen molar-refractivity contribution in [1.82, 2.24) is 5.32 Å². The van der Waals surface area contributed by atoms with Gasteiger partial charge in [0.1, 0.15) is 5.75 Å². The standard InChI is InChI=1S/C16H27NO/c1-6-14(7-2)11-17-13(4)15-9-8-12(3)10-16(15)18-5/h8-10,13-14,17H,6-7,11H2,1-5H3. The van der Waals surface area contributed by atoms with Crippen molar-refractivity contribution in [2.24, 2.45) is 5.92 Å². The smallest absolute Gasteiger partial charge is 0.123 e. The molecule has 1 N–H and O–H groups in total. The minimum atomic E-state index is 0.334. The molecule has 0 saturated heterocycles. The van der Waals surface area contributed by atoms with E-state index in [1.54, 1.807) is 7.11 Å². The minimum absolute atomic E-state index is 0.334. The largest absolute Gasteiger partial charge is 0.496 e. The van der Waals surface area contributed by atoms with E-state index in [9.17, 15) is 0 Å². The second-order valence-electron chi connectivity index (χ2n) is 5.06. The van der Waals surface area contributed by atoms with E-state index in [0.717, 1.165) is 18.2 Å². The van der Waals surface area contributed by atoms with Crippen molar-refractivity contribution in [1.29, 1.82) is 0 Å². The van der Waals surface area contributed by atoms with Gasteiger partial charge in [0.2, 0.25) is 0 Å². The lowest BCUT2D eigenvalue weighted by Gasteiger charge is -2.21. The predicted octanol–water partition coefficient (Wildman–Crippen LogP) is 4.09. The Morgan fingerprint density at radius 1 is 1.22 bits per heavy atom. The number of aryl methyl sites for hydroxylation is 1.